The molecule has 5 rings (SSSR count). The minimum absolute atomic E-state index is 0.305. The minimum Gasteiger partial charge on any atom is -0.333 e. The molecule has 2 aromatic heterocycles. The van der Waals surface area contributed by atoms with Crippen molar-refractivity contribution in [3.63, 3.8) is 0 Å². The number of hydrogen-bond acceptors (Lipinski definition) is 4. The number of amidine groups is 1. The maximum Gasteiger partial charge on any atom is 0.416 e. The Balaban J connectivity index is 1.44. The average Bonchev–Trinajstić information content (AvgIpc) is 3.27. The van der Waals surface area contributed by atoms with Crippen LogP contribution in [0.15, 0.2) is 74.9 Å². The van der Waals surface area contributed by atoms with Gasteiger partial charge in [-0.05, 0) is 64.6 Å². The molecular weight excluding hydrogens is 403 g/mol. The fourth-order valence-corrected chi connectivity index (χ4v) is 4.51. The predicted molar refractivity (Wildman–Crippen MR) is 107 cm³/mol. The van der Waals surface area contributed by atoms with E-state index in [2.05, 4.69) is 19.7 Å². The molecule has 0 saturated carbocycles. The van der Waals surface area contributed by atoms with E-state index in [1.165, 1.54) is 9.98 Å². The highest BCUT2D eigenvalue weighted by Gasteiger charge is 2.34. The van der Waals surface area contributed by atoms with Crippen molar-refractivity contribution >= 4 is 32.7 Å². The number of allylic oxidation sites excluding steroid dienone is 2. The number of nitrogens with zero attached hydrogens (tertiary/aromatic N) is 3. The zero-order valence-electron chi connectivity index (χ0n) is 14.6. The molecule has 146 valence electrons. The van der Waals surface area contributed by atoms with Crippen LogP contribution in [0.4, 0.5) is 13.2 Å². The number of alkyl halides is 3. The summed E-state index contributed by atoms with van der Waals surface area (Å²) in [5.74, 6) is 0.493. The van der Waals surface area contributed by atoms with E-state index in [0.717, 1.165) is 12.2 Å². The summed E-state index contributed by atoms with van der Waals surface area (Å²) < 4.78 is 44.7. The third-order valence-electron chi connectivity index (χ3n) is 4.50. The van der Waals surface area contributed by atoms with Gasteiger partial charge in [-0.3, -0.25) is 9.55 Å². The smallest absolute Gasteiger partial charge is 0.333 e. The average molecular weight is 415 g/mol. The van der Waals surface area contributed by atoms with Crippen molar-refractivity contribution in [3.05, 3.63) is 81.8 Å². The topological polar surface area (TPSA) is 75.1 Å². The number of halogens is 3. The van der Waals surface area contributed by atoms with Crippen molar-refractivity contribution in [3.8, 4) is 5.69 Å². The molecule has 3 aromatic rings. The van der Waals surface area contributed by atoms with Crippen LogP contribution in [0.5, 0.6) is 0 Å². The summed E-state index contributed by atoms with van der Waals surface area (Å²) in [4.78, 5) is 19.5. The van der Waals surface area contributed by atoms with Gasteiger partial charge in [0, 0.05) is 11.8 Å². The van der Waals surface area contributed by atoms with Gasteiger partial charge in [-0.2, -0.15) is 17.6 Å². The van der Waals surface area contributed by atoms with E-state index in [0.29, 0.717) is 33.2 Å². The molecule has 6 nitrogen and oxygen atoms in total. The molecule has 1 atom stereocenters. The second kappa shape index (κ2) is 6.31. The highest BCUT2D eigenvalue weighted by molar-refractivity contribution is 8.18. The Morgan fingerprint density at radius 1 is 1.10 bits per heavy atom. The summed E-state index contributed by atoms with van der Waals surface area (Å²) in [5, 5.41) is 4.42. The van der Waals surface area contributed by atoms with E-state index < -0.39 is 22.4 Å². The number of imidazole rings is 1. The predicted octanol–water partition coefficient (Wildman–Crippen LogP) is 3.39. The maximum absolute atomic E-state index is 12.9. The van der Waals surface area contributed by atoms with E-state index in [4.69, 9.17) is 0 Å². The Bertz CT molecular complexity index is 1330. The molecule has 1 aromatic carbocycles. The third kappa shape index (κ3) is 3.01. The number of benzene rings is 1. The summed E-state index contributed by atoms with van der Waals surface area (Å²) in [6.07, 6.45) is -0.652. The van der Waals surface area contributed by atoms with Crippen molar-refractivity contribution in [1.29, 1.82) is 0 Å². The number of fused-ring (bicyclic) bond motifs is 1. The summed E-state index contributed by atoms with van der Waals surface area (Å²) in [6, 6.07) is 10.6. The Morgan fingerprint density at radius 3 is 2.66 bits per heavy atom. The lowest BCUT2D eigenvalue weighted by Crippen LogP contribution is -2.27. The summed E-state index contributed by atoms with van der Waals surface area (Å²) in [7, 11) is -0.760. The van der Waals surface area contributed by atoms with Gasteiger partial charge in [0.05, 0.1) is 21.8 Å². The second-order valence-electron chi connectivity index (χ2n) is 6.33. The van der Waals surface area contributed by atoms with Crippen LogP contribution in [0, 0.1) is 0 Å². The van der Waals surface area contributed by atoms with Crippen LogP contribution in [-0.4, -0.2) is 31.5 Å². The van der Waals surface area contributed by atoms with Crippen LogP contribution in [0.25, 0.3) is 16.9 Å². The largest absolute Gasteiger partial charge is 0.416 e. The number of hydrogen-bond donors (Lipinski definition) is 2. The van der Waals surface area contributed by atoms with Gasteiger partial charge in [0.1, 0.15) is 5.84 Å². The lowest BCUT2D eigenvalue weighted by Gasteiger charge is -2.12. The van der Waals surface area contributed by atoms with E-state index in [9.17, 15) is 18.0 Å². The van der Waals surface area contributed by atoms with E-state index in [1.807, 2.05) is 0 Å². The van der Waals surface area contributed by atoms with Gasteiger partial charge >= 0.3 is 11.9 Å². The first-order valence-corrected chi connectivity index (χ1v) is 9.74. The Kier molecular flexibility index (Phi) is 3.85. The number of aromatic amines is 1. The van der Waals surface area contributed by atoms with Crippen LogP contribution < -0.4 is 11.0 Å². The van der Waals surface area contributed by atoms with Gasteiger partial charge in [-0.25, -0.2) is 9.78 Å². The Hall–Kier alpha value is -3.40. The number of rotatable bonds is 2. The first-order valence-electron chi connectivity index (χ1n) is 8.50. The van der Waals surface area contributed by atoms with Crippen LogP contribution in [0.1, 0.15) is 5.56 Å². The van der Waals surface area contributed by atoms with Crippen LogP contribution >= 0.6 is 10.7 Å². The van der Waals surface area contributed by atoms with Gasteiger partial charge in [-0.1, -0.05) is 0 Å². The monoisotopic (exact) mass is 415 g/mol. The van der Waals surface area contributed by atoms with Gasteiger partial charge in [0.2, 0.25) is 0 Å². The molecule has 10 heteroatoms. The third-order valence-corrected chi connectivity index (χ3v) is 5.95. The van der Waals surface area contributed by atoms with Crippen molar-refractivity contribution in [2.75, 3.05) is 0 Å². The molecule has 0 saturated heterocycles. The molecule has 0 fully saturated rings. The molecular formula is C19H12F3N5OS. The van der Waals surface area contributed by atoms with Crippen molar-refractivity contribution in [1.82, 2.24) is 19.9 Å². The second-order valence-corrected chi connectivity index (χ2v) is 7.85. The maximum atomic E-state index is 12.9. The number of H-pyrrole nitrogens is 1. The first-order chi connectivity index (χ1) is 13.9. The Morgan fingerprint density at radius 2 is 1.90 bits per heavy atom. The SMILES string of the molecule is O=c1[nH]c2ncccc2n1-c1ccc(C2=NS3=C(C=C(C(F)(F)F)C=C3)N2)cc1. The Labute approximate surface area is 164 Å². The highest BCUT2D eigenvalue weighted by atomic mass is 32.2. The number of aromatic nitrogens is 3. The molecule has 1 unspecified atom stereocenters. The number of nitrogens with one attached hydrogen (secondary N) is 2. The summed E-state index contributed by atoms with van der Waals surface area (Å²) in [5.41, 5.74) is 1.49. The molecule has 2 aliphatic heterocycles. The van der Waals surface area contributed by atoms with Gasteiger partial charge < -0.3 is 5.32 Å². The van der Waals surface area contributed by atoms with Crippen LogP contribution in [-0.2, 0) is 0 Å². The zero-order chi connectivity index (χ0) is 20.2. The highest BCUT2D eigenvalue weighted by Crippen LogP contribution is 2.35. The minimum atomic E-state index is -4.40. The molecule has 2 aliphatic rings. The molecule has 4 heterocycles. The molecule has 0 radical (unpaired) electrons. The summed E-state index contributed by atoms with van der Waals surface area (Å²) >= 11 is 0. The quantitative estimate of drug-likeness (QED) is 0.630. The molecule has 0 bridgehead atoms. The lowest BCUT2D eigenvalue weighted by atomic mass is 10.1. The lowest BCUT2D eigenvalue weighted by molar-refractivity contribution is -0.0880. The van der Waals surface area contributed by atoms with Crippen molar-refractivity contribution in [2.24, 2.45) is 4.40 Å². The van der Waals surface area contributed by atoms with Gasteiger partial charge in [0.15, 0.2) is 5.65 Å². The van der Waals surface area contributed by atoms with Crippen molar-refractivity contribution < 1.29 is 13.2 Å². The zero-order valence-corrected chi connectivity index (χ0v) is 15.4. The van der Waals surface area contributed by atoms with Gasteiger partial charge in [0.25, 0.3) is 0 Å². The van der Waals surface area contributed by atoms with E-state index >= 15 is 0 Å². The fourth-order valence-electron chi connectivity index (χ4n) is 3.13. The van der Waals surface area contributed by atoms with Gasteiger partial charge in [-0.15, -0.1) is 0 Å². The van der Waals surface area contributed by atoms with E-state index in [1.54, 1.807) is 42.6 Å². The molecule has 2 N–H and O–H groups in total. The molecule has 0 spiro atoms. The molecule has 0 aliphatic carbocycles. The number of pyridine rings is 1. The standard InChI is InChI=1S/C19H12F3N5OS/c20-19(21,22)12-7-9-29-15(10-12)24-16(26-29)11-3-5-13(6-4-11)27-14-2-1-8-23-17(14)25-18(27)28/h1-10H,(H,24,26)(H,23,25,28). The van der Waals surface area contributed by atoms with Crippen LogP contribution in [0.2, 0.25) is 0 Å². The summed E-state index contributed by atoms with van der Waals surface area (Å²) in [6.45, 7) is 0. The first kappa shape index (κ1) is 17.7. The molecule has 0 amide bonds. The van der Waals surface area contributed by atoms with Crippen molar-refractivity contribution in [2.45, 2.75) is 6.18 Å². The normalized spacial score (nSPS) is 18.4. The van der Waals surface area contributed by atoms with Crippen LogP contribution in [0.3, 0.4) is 0 Å². The molecule has 29 heavy (non-hydrogen) atoms. The fraction of sp³-hybridized carbons (Fsp3) is 0.0526. The van der Waals surface area contributed by atoms with E-state index in [-0.39, 0.29) is 5.69 Å².